The second-order valence-corrected chi connectivity index (χ2v) is 5.40. The van der Waals surface area contributed by atoms with Crippen molar-refractivity contribution in [1.29, 1.82) is 0 Å². The summed E-state index contributed by atoms with van der Waals surface area (Å²) < 4.78 is 26.9. The first-order chi connectivity index (χ1) is 9.86. The number of nitrogen functional groups attached to an aromatic ring is 1. The van der Waals surface area contributed by atoms with E-state index in [2.05, 4.69) is 0 Å². The van der Waals surface area contributed by atoms with Crippen molar-refractivity contribution < 1.29 is 13.9 Å². The van der Waals surface area contributed by atoms with Crippen molar-refractivity contribution in [2.45, 2.75) is 25.6 Å². The lowest BCUT2D eigenvalue weighted by Crippen LogP contribution is -2.21. The van der Waals surface area contributed by atoms with Gasteiger partial charge in [-0.3, -0.25) is 0 Å². The molecule has 0 saturated heterocycles. The van der Waals surface area contributed by atoms with E-state index in [0.29, 0.717) is 17.9 Å². The minimum Gasteiger partial charge on any atom is -0.399 e. The van der Waals surface area contributed by atoms with Crippen molar-refractivity contribution in [1.82, 2.24) is 0 Å². The Kier molecular flexibility index (Phi) is 3.10. The molecule has 0 saturated carbocycles. The zero-order valence-corrected chi connectivity index (χ0v) is 11.6. The molecule has 2 aromatic carbocycles. The van der Waals surface area contributed by atoms with Crippen molar-refractivity contribution >= 4 is 11.4 Å². The Labute approximate surface area is 121 Å². The molecule has 2 aromatic rings. The van der Waals surface area contributed by atoms with Gasteiger partial charge in [0.25, 0.3) is 5.92 Å². The van der Waals surface area contributed by atoms with Gasteiger partial charge in [0.15, 0.2) is 6.23 Å². The number of aliphatic hydroxyl groups is 1. The summed E-state index contributed by atoms with van der Waals surface area (Å²) in [7, 11) is 0. The van der Waals surface area contributed by atoms with Crippen molar-refractivity contribution in [2.75, 3.05) is 10.6 Å². The van der Waals surface area contributed by atoms with Crippen LogP contribution in [-0.4, -0.2) is 5.11 Å². The number of hydrogen-bond donors (Lipinski definition) is 2. The van der Waals surface area contributed by atoms with E-state index in [4.69, 9.17) is 5.73 Å². The van der Waals surface area contributed by atoms with E-state index in [0.717, 1.165) is 18.1 Å². The smallest absolute Gasteiger partial charge is 0.270 e. The zero-order valence-electron chi connectivity index (χ0n) is 11.6. The molecule has 1 heterocycles. The molecule has 5 heteroatoms. The number of nitrogens with zero attached hydrogens (tertiary/aromatic N) is 1. The molecular weight excluding hydrogens is 274 g/mol. The summed E-state index contributed by atoms with van der Waals surface area (Å²) in [6, 6.07) is 11.4. The molecule has 21 heavy (non-hydrogen) atoms. The number of anilines is 2. The summed E-state index contributed by atoms with van der Waals surface area (Å²) in [4.78, 5) is 1.68. The second kappa shape index (κ2) is 4.70. The Morgan fingerprint density at radius 3 is 2.71 bits per heavy atom. The van der Waals surface area contributed by atoms with E-state index >= 15 is 0 Å². The van der Waals surface area contributed by atoms with E-state index in [1.807, 2.05) is 6.07 Å². The predicted octanol–water partition coefficient (Wildman–Crippen LogP) is 3.39. The van der Waals surface area contributed by atoms with E-state index in [1.54, 1.807) is 29.2 Å². The monoisotopic (exact) mass is 290 g/mol. The standard InChI is InChI=1S/C16H16F2N2O/c1-16(17,18)11-3-2-4-13(7-11)20-9-10-5-6-12(19)8-14(10)15(20)21/h2-8,15,21H,9,19H2,1H3. The Morgan fingerprint density at radius 2 is 2.00 bits per heavy atom. The third kappa shape index (κ3) is 2.45. The topological polar surface area (TPSA) is 49.5 Å². The summed E-state index contributed by atoms with van der Waals surface area (Å²) in [5, 5.41) is 10.4. The molecule has 0 fully saturated rings. The maximum absolute atomic E-state index is 13.4. The predicted molar refractivity (Wildman–Crippen MR) is 78.0 cm³/mol. The first kappa shape index (κ1) is 13.8. The molecule has 3 rings (SSSR count). The van der Waals surface area contributed by atoms with Crippen LogP contribution in [0, 0.1) is 0 Å². The zero-order chi connectivity index (χ0) is 15.2. The molecule has 1 aliphatic rings. The minimum atomic E-state index is -2.90. The van der Waals surface area contributed by atoms with Gasteiger partial charge in [-0.05, 0) is 29.8 Å². The molecule has 1 atom stereocenters. The lowest BCUT2D eigenvalue weighted by molar-refractivity contribution is 0.0174. The Bertz CT molecular complexity index is 682. The lowest BCUT2D eigenvalue weighted by atomic mass is 10.1. The maximum atomic E-state index is 13.4. The van der Waals surface area contributed by atoms with Gasteiger partial charge < -0.3 is 15.7 Å². The van der Waals surface area contributed by atoms with Gasteiger partial charge in [0.2, 0.25) is 0 Å². The highest BCUT2D eigenvalue weighted by Gasteiger charge is 2.30. The van der Waals surface area contributed by atoms with Crippen LogP contribution in [0.2, 0.25) is 0 Å². The Morgan fingerprint density at radius 1 is 1.24 bits per heavy atom. The first-order valence-electron chi connectivity index (χ1n) is 6.67. The highest BCUT2D eigenvalue weighted by atomic mass is 19.3. The summed E-state index contributed by atoms with van der Waals surface area (Å²) in [6.07, 6.45) is -0.871. The Balaban J connectivity index is 1.97. The van der Waals surface area contributed by atoms with E-state index in [9.17, 15) is 13.9 Å². The number of alkyl halides is 2. The molecule has 1 unspecified atom stereocenters. The molecule has 1 aliphatic heterocycles. The van der Waals surface area contributed by atoms with Gasteiger partial charge in [-0.2, -0.15) is 0 Å². The molecule has 0 spiro atoms. The fourth-order valence-corrected chi connectivity index (χ4v) is 2.63. The van der Waals surface area contributed by atoms with Crippen LogP contribution in [0.15, 0.2) is 42.5 Å². The molecule has 0 radical (unpaired) electrons. The van der Waals surface area contributed by atoms with Crippen LogP contribution in [0.4, 0.5) is 20.2 Å². The Hall–Kier alpha value is -2.14. The number of rotatable bonds is 2. The van der Waals surface area contributed by atoms with Crippen LogP contribution in [0.25, 0.3) is 0 Å². The third-order valence-corrected chi connectivity index (χ3v) is 3.77. The maximum Gasteiger partial charge on any atom is 0.270 e. The van der Waals surface area contributed by atoms with E-state index in [-0.39, 0.29) is 5.56 Å². The number of halogens is 2. The molecule has 110 valence electrons. The fourth-order valence-electron chi connectivity index (χ4n) is 2.63. The molecule has 0 aromatic heterocycles. The average molecular weight is 290 g/mol. The van der Waals surface area contributed by atoms with Gasteiger partial charge in [0, 0.05) is 36.0 Å². The third-order valence-electron chi connectivity index (χ3n) is 3.77. The van der Waals surface area contributed by atoms with E-state index < -0.39 is 12.2 Å². The highest BCUT2D eigenvalue weighted by Crippen LogP contribution is 2.38. The van der Waals surface area contributed by atoms with Gasteiger partial charge in [0.1, 0.15) is 0 Å². The molecule has 0 aliphatic carbocycles. The molecule has 3 nitrogen and oxygen atoms in total. The quantitative estimate of drug-likeness (QED) is 0.834. The second-order valence-electron chi connectivity index (χ2n) is 5.40. The summed E-state index contributed by atoms with van der Waals surface area (Å²) >= 11 is 0. The van der Waals surface area contributed by atoms with Crippen LogP contribution in [0.5, 0.6) is 0 Å². The van der Waals surface area contributed by atoms with Gasteiger partial charge >= 0.3 is 0 Å². The molecule has 0 amide bonds. The summed E-state index contributed by atoms with van der Waals surface area (Å²) in [5.74, 6) is -2.90. The average Bonchev–Trinajstić information content (AvgIpc) is 2.75. The van der Waals surface area contributed by atoms with Gasteiger partial charge in [-0.15, -0.1) is 0 Å². The van der Waals surface area contributed by atoms with Crippen molar-refractivity contribution in [3.8, 4) is 0 Å². The minimum absolute atomic E-state index is 0.0670. The first-order valence-corrected chi connectivity index (χ1v) is 6.67. The van der Waals surface area contributed by atoms with Crippen LogP contribution in [-0.2, 0) is 12.5 Å². The highest BCUT2D eigenvalue weighted by molar-refractivity contribution is 5.57. The molecule has 0 bridgehead atoms. The lowest BCUT2D eigenvalue weighted by Gasteiger charge is -2.24. The number of hydrogen-bond acceptors (Lipinski definition) is 3. The van der Waals surface area contributed by atoms with Crippen LogP contribution < -0.4 is 10.6 Å². The number of fused-ring (bicyclic) bond motifs is 1. The SMILES string of the molecule is CC(F)(F)c1cccc(N2Cc3ccc(N)cc3C2O)c1. The van der Waals surface area contributed by atoms with Gasteiger partial charge in [-0.25, -0.2) is 8.78 Å². The fraction of sp³-hybridized carbons (Fsp3) is 0.250. The number of nitrogens with two attached hydrogens (primary N) is 1. The molecule has 3 N–H and O–H groups in total. The normalized spacial score (nSPS) is 17.9. The van der Waals surface area contributed by atoms with Crippen LogP contribution >= 0.6 is 0 Å². The number of benzene rings is 2. The number of aliphatic hydroxyl groups excluding tert-OH is 1. The van der Waals surface area contributed by atoms with Crippen molar-refractivity contribution in [2.24, 2.45) is 0 Å². The van der Waals surface area contributed by atoms with Crippen LogP contribution in [0.3, 0.4) is 0 Å². The van der Waals surface area contributed by atoms with Crippen molar-refractivity contribution in [3.05, 3.63) is 59.2 Å². The van der Waals surface area contributed by atoms with Crippen LogP contribution in [0.1, 0.15) is 29.8 Å². The van der Waals surface area contributed by atoms with Crippen molar-refractivity contribution in [3.63, 3.8) is 0 Å². The molecular formula is C16H16F2N2O. The van der Waals surface area contributed by atoms with Gasteiger partial charge in [0.05, 0.1) is 0 Å². The van der Waals surface area contributed by atoms with Gasteiger partial charge in [-0.1, -0.05) is 18.2 Å². The summed E-state index contributed by atoms with van der Waals surface area (Å²) in [5.41, 5.74) is 8.48. The summed E-state index contributed by atoms with van der Waals surface area (Å²) in [6.45, 7) is 1.33. The van der Waals surface area contributed by atoms with E-state index in [1.165, 1.54) is 12.1 Å². The largest absolute Gasteiger partial charge is 0.399 e.